The smallest absolute Gasteiger partial charge is 0.328 e. The van der Waals surface area contributed by atoms with Crippen molar-refractivity contribution in [3.05, 3.63) is 24.3 Å². The lowest BCUT2D eigenvalue weighted by atomic mass is 10.0. The van der Waals surface area contributed by atoms with Crippen molar-refractivity contribution in [3.8, 4) is 0 Å². The molecule has 0 amide bonds. The number of carbonyl (C=O) groups excluding carboxylic acids is 1. The minimum Gasteiger partial charge on any atom is -0.478 e. The van der Waals surface area contributed by atoms with Gasteiger partial charge in [-0.1, -0.05) is 63.7 Å². The van der Waals surface area contributed by atoms with Crippen LogP contribution in [0.25, 0.3) is 0 Å². The molecule has 1 N–H and O–H groups in total. The van der Waals surface area contributed by atoms with Crippen molar-refractivity contribution >= 4 is 11.8 Å². The number of carbonyl (C=O) groups is 2. The average molecular weight is 294 g/mol. The molecule has 0 aliphatic rings. The lowest BCUT2D eigenvalue weighted by molar-refractivity contribution is -0.131. The molecule has 0 radical (unpaired) electrons. The lowest BCUT2D eigenvalue weighted by Crippen LogP contribution is -1.97. The molecule has 21 heavy (non-hydrogen) atoms. The third kappa shape index (κ3) is 16.6. The van der Waals surface area contributed by atoms with Crippen molar-refractivity contribution in [3.63, 3.8) is 0 Å². The topological polar surface area (TPSA) is 54.4 Å². The second-order valence-electron chi connectivity index (χ2n) is 5.43. The van der Waals surface area contributed by atoms with Crippen molar-refractivity contribution in [1.82, 2.24) is 0 Å². The third-order valence-corrected chi connectivity index (χ3v) is 3.37. The molecule has 0 aliphatic carbocycles. The minimum atomic E-state index is -0.940. The van der Waals surface area contributed by atoms with Crippen molar-refractivity contribution in [2.75, 3.05) is 0 Å². The molecular formula is C18H30O3. The summed E-state index contributed by atoms with van der Waals surface area (Å²) < 4.78 is 0. The zero-order chi connectivity index (χ0) is 15.8. The number of rotatable bonds is 14. The summed E-state index contributed by atoms with van der Waals surface area (Å²) in [5.41, 5.74) is 0. The first-order valence-electron chi connectivity index (χ1n) is 8.24. The van der Waals surface area contributed by atoms with E-state index in [-0.39, 0.29) is 0 Å². The Hall–Kier alpha value is -1.38. The van der Waals surface area contributed by atoms with Crippen LogP contribution in [0.2, 0.25) is 0 Å². The van der Waals surface area contributed by atoms with Crippen LogP contribution in [0, 0.1) is 0 Å². The SMILES string of the molecule is CCCCCCCCCC(=O)CCC/C=C/C=C/C(=O)O. The van der Waals surface area contributed by atoms with Gasteiger partial charge in [0.2, 0.25) is 0 Å². The molecule has 0 spiro atoms. The summed E-state index contributed by atoms with van der Waals surface area (Å²) in [4.78, 5) is 21.9. The number of carboxylic acid groups (broad SMARTS) is 1. The largest absolute Gasteiger partial charge is 0.478 e. The van der Waals surface area contributed by atoms with Gasteiger partial charge >= 0.3 is 5.97 Å². The van der Waals surface area contributed by atoms with E-state index in [0.717, 1.165) is 31.8 Å². The van der Waals surface area contributed by atoms with Gasteiger partial charge in [0, 0.05) is 18.9 Å². The molecule has 0 aromatic heterocycles. The summed E-state index contributed by atoms with van der Waals surface area (Å²) in [6.45, 7) is 2.22. The monoisotopic (exact) mass is 294 g/mol. The van der Waals surface area contributed by atoms with Crippen LogP contribution in [0.4, 0.5) is 0 Å². The van der Waals surface area contributed by atoms with E-state index in [4.69, 9.17) is 5.11 Å². The van der Waals surface area contributed by atoms with Gasteiger partial charge in [-0.2, -0.15) is 0 Å². The fraction of sp³-hybridized carbons (Fsp3) is 0.667. The third-order valence-electron chi connectivity index (χ3n) is 3.37. The van der Waals surface area contributed by atoms with Crippen molar-refractivity contribution in [2.45, 2.75) is 77.6 Å². The number of Topliss-reactive ketones (excluding diaryl/α,β-unsaturated/α-hetero) is 1. The molecular weight excluding hydrogens is 264 g/mol. The summed E-state index contributed by atoms with van der Waals surface area (Å²) in [5, 5.41) is 8.39. The molecule has 0 aliphatic heterocycles. The fourth-order valence-corrected chi connectivity index (χ4v) is 2.13. The zero-order valence-electron chi connectivity index (χ0n) is 13.4. The minimum absolute atomic E-state index is 0.359. The van der Waals surface area contributed by atoms with Gasteiger partial charge in [0.05, 0.1) is 0 Å². The summed E-state index contributed by atoms with van der Waals surface area (Å²) in [6.07, 6.45) is 18.0. The number of carboxylic acids is 1. The maximum atomic E-state index is 11.6. The van der Waals surface area contributed by atoms with Crippen LogP contribution < -0.4 is 0 Å². The molecule has 0 saturated carbocycles. The highest BCUT2D eigenvalue weighted by atomic mass is 16.4. The number of aliphatic carboxylic acids is 1. The molecule has 0 aromatic carbocycles. The first kappa shape index (κ1) is 19.6. The van der Waals surface area contributed by atoms with Crippen LogP contribution in [0.5, 0.6) is 0 Å². The van der Waals surface area contributed by atoms with E-state index in [1.165, 1.54) is 44.6 Å². The van der Waals surface area contributed by atoms with E-state index in [1.807, 2.05) is 6.08 Å². The molecule has 3 heteroatoms. The lowest BCUT2D eigenvalue weighted by Gasteiger charge is -2.01. The molecule has 0 unspecified atom stereocenters. The molecule has 120 valence electrons. The predicted octanol–water partition coefficient (Wildman–Crippen LogP) is 5.06. The van der Waals surface area contributed by atoms with Crippen molar-refractivity contribution < 1.29 is 14.7 Å². The highest BCUT2D eigenvalue weighted by Crippen LogP contribution is 2.10. The Balaban J connectivity index is 3.36. The van der Waals surface area contributed by atoms with E-state index in [2.05, 4.69) is 6.92 Å². The summed E-state index contributed by atoms with van der Waals surface area (Å²) in [6, 6.07) is 0. The maximum absolute atomic E-state index is 11.6. The fourth-order valence-electron chi connectivity index (χ4n) is 2.13. The number of ketones is 1. The van der Waals surface area contributed by atoms with E-state index < -0.39 is 5.97 Å². The molecule has 3 nitrogen and oxygen atoms in total. The maximum Gasteiger partial charge on any atom is 0.328 e. The molecule has 0 fully saturated rings. The van der Waals surface area contributed by atoms with Crippen LogP contribution in [-0.2, 0) is 9.59 Å². The van der Waals surface area contributed by atoms with Crippen molar-refractivity contribution in [2.24, 2.45) is 0 Å². The van der Waals surface area contributed by atoms with Crippen LogP contribution >= 0.6 is 0 Å². The molecule has 0 atom stereocenters. The Bertz CT molecular complexity index is 329. The Morgan fingerprint density at radius 1 is 0.857 bits per heavy atom. The van der Waals surface area contributed by atoms with Crippen LogP contribution in [0.15, 0.2) is 24.3 Å². The average Bonchev–Trinajstić information content (AvgIpc) is 2.45. The highest BCUT2D eigenvalue weighted by Gasteiger charge is 2.00. The first-order chi connectivity index (χ1) is 10.2. The van der Waals surface area contributed by atoms with E-state index in [1.54, 1.807) is 6.08 Å². The summed E-state index contributed by atoms with van der Waals surface area (Å²) in [7, 11) is 0. The molecule has 0 bridgehead atoms. The van der Waals surface area contributed by atoms with Gasteiger partial charge < -0.3 is 5.11 Å². The standard InChI is InChI=1S/C18H30O3/c1-2-3-4-5-6-8-11-14-17(19)15-12-9-7-10-13-16-18(20)21/h7,10,13,16H,2-6,8-9,11-12,14-15H2,1H3,(H,20,21)/b10-7+,16-13+. The normalized spacial score (nSPS) is 11.5. The first-order valence-corrected chi connectivity index (χ1v) is 8.24. The van der Waals surface area contributed by atoms with Gasteiger partial charge in [0.15, 0.2) is 0 Å². The molecule has 0 heterocycles. The second kappa shape index (κ2) is 15.0. The Kier molecular flexibility index (Phi) is 14.0. The quantitative estimate of drug-likeness (QED) is 0.277. The number of hydrogen-bond donors (Lipinski definition) is 1. The molecule has 0 aromatic rings. The van der Waals surface area contributed by atoms with Gasteiger partial charge in [0.25, 0.3) is 0 Å². The van der Waals surface area contributed by atoms with E-state index >= 15 is 0 Å². The van der Waals surface area contributed by atoms with Crippen molar-refractivity contribution in [1.29, 1.82) is 0 Å². The summed E-state index contributed by atoms with van der Waals surface area (Å²) in [5.74, 6) is -0.581. The Morgan fingerprint density at radius 2 is 1.48 bits per heavy atom. The van der Waals surface area contributed by atoms with Gasteiger partial charge in [-0.25, -0.2) is 4.79 Å². The molecule has 0 rings (SSSR count). The van der Waals surface area contributed by atoms with Gasteiger partial charge in [-0.15, -0.1) is 0 Å². The number of allylic oxidation sites excluding steroid dienone is 3. The Morgan fingerprint density at radius 3 is 2.14 bits per heavy atom. The Labute approximate surface area is 129 Å². The van der Waals surface area contributed by atoms with Crippen LogP contribution in [-0.4, -0.2) is 16.9 Å². The van der Waals surface area contributed by atoms with Gasteiger partial charge in [-0.05, 0) is 19.3 Å². The van der Waals surface area contributed by atoms with Crippen LogP contribution in [0.3, 0.4) is 0 Å². The van der Waals surface area contributed by atoms with E-state index in [0.29, 0.717) is 12.2 Å². The number of hydrogen-bond acceptors (Lipinski definition) is 2. The number of unbranched alkanes of at least 4 members (excludes halogenated alkanes) is 7. The zero-order valence-corrected chi connectivity index (χ0v) is 13.4. The second-order valence-corrected chi connectivity index (χ2v) is 5.43. The predicted molar refractivity (Wildman–Crippen MR) is 87.4 cm³/mol. The van der Waals surface area contributed by atoms with Gasteiger partial charge in [-0.3, -0.25) is 4.79 Å². The van der Waals surface area contributed by atoms with Gasteiger partial charge in [0.1, 0.15) is 5.78 Å². The molecule has 0 saturated heterocycles. The highest BCUT2D eigenvalue weighted by molar-refractivity contribution is 5.80. The van der Waals surface area contributed by atoms with E-state index in [9.17, 15) is 9.59 Å². The summed E-state index contributed by atoms with van der Waals surface area (Å²) >= 11 is 0. The van der Waals surface area contributed by atoms with Crippen LogP contribution in [0.1, 0.15) is 77.6 Å².